The fourth-order valence-electron chi connectivity index (χ4n) is 1.77. The minimum Gasteiger partial charge on any atom is -0.261 e. The molecule has 3 aromatic heterocycles. The number of rotatable bonds is 4. The smallest absolute Gasteiger partial charge is 0.158 e. The number of hydrogen-bond donors (Lipinski definition) is 1. The quantitative estimate of drug-likeness (QED) is 0.576. The van der Waals surface area contributed by atoms with Gasteiger partial charge in [0.15, 0.2) is 5.82 Å². The molecule has 102 valence electrons. The lowest BCUT2D eigenvalue weighted by Gasteiger charge is -1.99. The summed E-state index contributed by atoms with van der Waals surface area (Å²) in [5.74, 6) is 1.25. The summed E-state index contributed by atoms with van der Waals surface area (Å²) in [5, 5.41) is 7.30. The Hall–Kier alpha value is -1.79. The Labute approximate surface area is 125 Å². The van der Waals surface area contributed by atoms with Crippen molar-refractivity contribution in [3.63, 3.8) is 0 Å². The number of nitrogens with zero attached hydrogens (tertiary/aromatic N) is 3. The van der Waals surface area contributed by atoms with Gasteiger partial charge in [-0.05, 0) is 23.4 Å². The van der Waals surface area contributed by atoms with Crippen LogP contribution in [0.5, 0.6) is 0 Å². The fraction of sp³-hybridized carbons (Fsp3) is 0.214. The van der Waals surface area contributed by atoms with Crippen LogP contribution in [-0.2, 0) is 0 Å². The topological polar surface area (TPSA) is 50.2 Å². The third kappa shape index (κ3) is 2.71. The summed E-state index contributed by atoms with van der Waals surface area (Å²) in [6, 6.07) is 6.17. The second-order valence-electron chi connectivity index (χ2n) is 4.63. The molecular formula is C14H14N4S2. The average Bonchev–Trinajstić information content (AvgIpc) is 3.07. The van der Waals surface area contributed by atoms with Crippen LogP contribution in [0.2, 0.25) is 0 Å². The van der Waals surface area contributed by atoms with Gasteiger partial charge in [-0.1, -0.05) is 19.9 Å². The molecule has 20 heavy (non-hydrogen) atoms. The summed E-state index contributed by atoms with van der Waals surface area (Å²) >= 11 is 3.36. The molecule has 1 N–H and O–H groups in total. The van der Waals surface area contributed by atoms with Crippen molar-refractivity contribution in [3.05, 3.63) is 39.7 Å². The average molecular weight is 302 g/mol. The zero-order chi connectivity index (χ0) is 13.9. The van der Waals surface area contributed by atoms with E-state index in [0.29, 0.717) is 5.92 Å². The van der Waals surface area contributed by atoms with Gasteiger partial charge in [-0.3, -0.25) is 5.43 Å². The standard InChI is InChI=1S/C14H14N4S2/c1-9(2)12-6-11-13(15-8-16-14(11)20-12)18-17-7-10-4-3-5-19-10/h3-9H,1-2H3,(H,15,16,18)/b17-7+. The summed E-state index contributed by atoms with van der Waals surface area (Å²) in [5.41, 5.74) is 3.01. The largest absolute Gasteiger partial charge is 0.261 e. The van der Waals surface area contributed by atoms with Crippen LogP contribution in [0.1, 0.15) is 29.5 Å². The van der Waals surface area contributed by atoms with Gasteiger partial charge in [0.05, 0.1) is 11.6 Å². The predicted octanol–water partition coefficient (Wildman–Crippen LogP) is 4.32. The van der Waals surface area contributed by atoms with Gasteiger partial charge in [0.2, 0.25) is 0 Å². The summed E-state index contributed by atoms with van der Waals surface area (Å²) in [6.07, 6.45) is 3.38. The van der Waals surface area contributed by atoms with E-state index in [2.05, 4.69) is 40.4 Å². The van der Waals surface area contributed by atoms with Crippen molar-refractivity contribution in [1.29, 1.82) is 0 Å². The zero-order valence-corrected chi connectivity index (χ0v) is 12.8. The predicted molar refractivity (Wildman–Crippen MR) is 87.0 cm³/mol. The molecule has 0 radical (unpaired) electrons. The number of thiophene rings is 2. The molecule has 0 saturated heterocycles. The summed E-state index contributed by atoms with van der Waals surface area (Å²) in [4.78, 5) is 12.0. The van der Waals surface area contributed by atoms with Crippen molar-refractivity contribution in [2.24, 2.45) is 5.10 Å². The third-order valence-electron chi connectivity index (χ3n) is 2.82. The Morgan fingerprint density at radius 2 is 2.25 bits per heavy atom. The van der Waals surface area contributed by atoms with Gasteiger partial charge in [0.25, 0.3) is 0 Å². The van der Waals surface area contributed by atoms with Crippen LogP contribution in [-0.4, -0.2) is 16.2 Å². The summed E-state index contributed by atoms with van der Waals surface area (Å²) in [6.45, 7) is 4.36. The third-order valence-corrected chi connectivity index (χ3v) is 4.97. The minimum absolute atomic E-state index is 0.497. The summed E-state index contributed by atoms with van der Waals surface area (Å²) in [7, 11) is 0. The minimum atomic E-state index is 0.497. The van der Waals surface area contributed by atoms with E-state index in [1.807, 2.05) is 17.5 Å². The maximum absolute atomic E-state index is 4.32. The molecule has 0 amide bonds. The monoisotopic (exact) mass is 302 g/mol. The number of fused-ring (bicyclic) bond motifs is 1. The van der Waals surface area contributed by atoms with Crippen LogP contribution in [0, 0.1) is 0 Å². The Morgan fingerprint density at radius 1 is 1.35 bits per heavy atom. The van der Waals surface area contributed by atoms with Gasteiger partial charge in [-0.2, -0.15) is 5.10 Å². The van der Waals surface area contributed by atoms with E-state index in [4.69, 9.17) is 0 Å². The molecule has 0 aliphatic heterocycles. The maximum Gasteiger partial charge on any atom is 0.158 e. The molecule has 0 saturated carbocycles. The molecule has 0 atom stereocenters. The van der Waals surface area contributed by atoms with Crippen LogP contribution < -0.4 is 5.43 Å². The molecule has 0 aliphatic carbocycles. The van der Waals surface area contributed by atoms with E-state index in [-0.39, 0.29) is 0 Å². The lowest BCUT2D eigenvalue weighted by Crippen LogP contribution is -1.93. The number of aromatic nitrogens is 2. The highest BCUT2D eigenvalue weighted by molar-refractivity contribution is 7.18. The van der Waals surface area contributed by atoms with E-state index in [1.165, 1.54) is 4.88 Å². The van der Waals surface area contributed by atoms with E-state index in [9.17, 15) is 0 Å². The Bertz CT molecular complexity index is 729. The van der Waals surface area contributed by atoms with Crippen LogP contribution in [0.25, 0.3) is 10.2 Å². The van der Waals surface area contributed by atoms with E-state index >= 15 is 0 Å². The highest BCUT2D eigenvalue weighted by Gasteiger charge is 2.10. The SMILES string of the molecule is CC(C)c1cc2c(N/N=C/c3cccs3)ncnc2s1. The van der Waals surface area contributed by atoms with Gasteiger partial charge < -0.3 is 0 Å². The molecule has 3 rings (SSSR count). The van der Waals surface area contributed by atoms with Crippen molar-refractivity contribution in [1.82, 2.24) is 9.97 Å². The summed E-state index contributed by atoms with van der Waals surface area (Å²) < 4.78 is 0. The first-order chi connectivity index (χ1) is 9.74. The van der Waals surface area contributed by atoms with Crippen LogP contribution in [0.15, 0.2) is 35.0 Å². The molecule has 4 nitrogen and oxygen atoms in total. The normalized spacial score (nSPS) is 11.8. The molecule has 0 fully saturated rings. The lowest BCUT2D eigenvalue weighted by atomic mass is 10.2. The number of hydrogen-bond acceptors (Lipinski definition) is 6. The molecule has 0 unspecified atom stereocenters. The molecular weight excluding hydrogens is 288 g/mol. The first-order valence-electron chi connectivity index (χ1n) is 6.31. The van der Waals surface area contributed by atoms with Gasteiger partial charge in [0, 0.05) is 9.75 Å². The molecule has 0 aromatic carbocycles. The van der Waals surface area contributed by atoms with E-state index in [0.717, 1.165) is 20.9 Å². The van der Waals surface area contributed by atoms with Crippen molar-refractivity contribution in [2.45, 2.75) is 19.8 Å². The van der Waals surface area contributed by atoms with Gasteiger partial charge in [-0.25, -0.2) is 9.97 Å². The van der Waals surface area contributed by atoms with Crippen molar-refractivity contribution < 1.29 is 0 Å². The van der Waals surface area contributed by atoms with Crippen molar-refractivity contribution in [2.75, 3.05) is 5.43 Å². The first kappa shape index (κ1) is 13.2. The molecule has 0 aliphatic rings. The molecule has 3 heterocycles. The van der Waals surface area contributed by atoms with Crippen LogP contribution in [0.4, 0.5) is 5.82 Å². The highest BCUT2D eigenvalue weighted by atomic mass is 32.1. The number of nitrogens with one attached hydrogen (secondary N) is 1. The highest BCUT2D eigenvalue weighted by Crippen LogP contribution is 2.32. The van der Waals surface area contributed by atoms with E-state index in [1.54, 1.807) is 35.2 Å². The Kier molecular flexibility index (Phi) is 3.75. The maximum atomic E-state index is 4.32. The van der Waals surface area contributed by atoms with Crippen LogP contribution in [0.3, 0.4) is 0 Å². The van der Waals surface area contributed by atoms with Gasteiger partial charge in [0.1, 0.15) is 11.2 Å². The van der Waals surface area contributed by atoms with Gasteiger partial charge >= 0.3 is 0 Å². The Morgan fingerprint density at radius 3 is 3.00 bits per heavy atom. The van der Waals surface area contributed by atoms with Crippen LogP contribution >= 0.6 is 22.7 Å². The number of anilines is 1. The molecule has 0 spiro atoms. The second kappa shape index (κ2) is 5.68. The number of hydrazone groups is 1. The van der Waals surface area contributed by atoms with Gasteiger partial charge in [-0.15, -0.1) is 22.7 Å². The van der Waals surface area contributed by atoms with Crippen molar-refractivity contribution >= 4 is 44.9 Å². The Balaban J connectivity index is 1.87. The van der Waals surface area contributed by atoms with Crippen molar-refractivity contribution in [3.8, 4) is 0 Å². The zero-order valence-electron chi connectivity index (χ0n) is 11.2. The fourth-order valence-corrected chi connectivity index (χ4v) is 3.36. The van der Waals surface area contributed by atoms with E-state index < -0.39 is 0 Å². The lowest BCUT2D eigenvalue weighted by molar-refractivity contribution is 0.890. The molecule has 3 aromatic rings. The molecule has 6 heteroatoms. The molecule has 0 bridgehead atoms. The second-order valence-corrected chi connectivity index (χ2v) is 6.67. The first-order valence-corrected chi connectivity index (χ1v) is 8.00.